The number of nitrogens with zero attached hydrogens (tertiary/aromatic N) is 1. The maximum Gasteiger partial charge on any atom is 0.255 e. The molecule has 1 saturated heterocycles. The Balaban J connectivity index is 1.93. The van der Waals surface area contributed by atoms with Gasteiger partial charge in [-0.2, -0.15) is 0 Å². The fraction of sp³-hybridized carbons (Fsp3) is 0.235. The number of thioether (sulfide) groups is 1. The lowest BCUT2D eigenvalue weighted by atomic mass is 10.1. The molecule has 2 aromatic carbocycles. The van der Waals surface area contributed by atoms with E-state index in [1.807, 2.05) is 25.1 Å². The fourth-order valence-corrected chi connectivity index (χ4v) is 3.88. The van der Waals surface area contributed by atoms with Crippen molar-refractivity contribution in [2.24, 2.45) is 0 Å². The summed E-state index contributed by atoms with van der Waals surface area (Å²) in [5.41, 5.74) is 1.87. The molecule has 1 atom stereocenters. The number of halogens is 2. The first-order chi connectivity index (χ1) is 10.6. The highest BCUT2D eigenvalue weighted by Gasteiger charge is 2.33. The number of benzene rings is 2. The highest BCUT2D eigenvalue weighted by molar-refractivity contribution is 7.99. The van der Waals surface area contributed by atoms with Crippen LogP contribution >= 0.6 is 11.8 Å². The summed E-state index contributed by atoms with van der Waals surface area (Å²) in [5.74, 6) is -0.598. The van der Waals surface area contributed by atoms with Crippen molar-refractivity contribution in [2.45, 2.75) is 12.3 Å². The number of carbonyl (C=O) groups is 1. The first-order valence-electron chi connectivity index (χ1n) is 7.01. The van der Waals surface area contributed by atoms with E-state index in [0.717, 1.165) is 17.4 Å². The Morgan fingerprint density at radius 1 is 1.23 bits per heavy atom. The lowest BCUT2D eigenvalue weighted by Crippen LogP contribution is -2.31. The number of amides is 1. The molecule has 5 heteroatoms. The second-order valence-electron chi connectivity index (χ2n) is 5.20. The first kappa shape index (κ1) is 15.0. The molecular weight excluding hydrogens is 304 g/mol. The molecule has 114 valence electrons. The highest BCUT2D eigenvalue weighted by Crippen LogP contribution is 2.40. The van der Waals surface area contributed by atoms with Crippen molar-refractivity contribution in [1.29, 1.82) is 0 Å². The maximum atomic E-state index is 14.0. The second-order valence-corrected chi connectivity index (χ2v) is 6.39. The molecule has 2 aromatic rings. The zero-order chi connectivity index (χ0) is 15.7. The van der Waals surface area contributed by atoms with Gasteiger partial charge in [-0.25, -0.2) is 8.78 Å². The Labute approximate surface area is 132 Å². The molecule has 22 heavy (non-hydrogen) atoms. The molecule has 1 amide bonds. The summed E-state index contributed by atoms with van der Waals surface area (Å²) in [6, 6.07) is 10.9. The predicted octanol–water partition coefficient (Wildman–Crippen LogP) is 4.16. The summed E-state index contributed by atoms with van der Waals surface area (Å²) in [6.45, 7) is 2.43. The minimum atomic E-state index is -0.610. The maximum absolute atomic E-state index is 14.0. The van der Waals surface area contributed by atoms with Gasteiger partial charge < -0.3 is 4.90 Å². The summed E-state index contributed by atoms with van der Waals surface area (Å²) >= 11 is 1.50. The van der Waals surface area contributed by atoms with Gasteiger partial charge in [0.2, 0.25) is 0 Å². The van der Waals surface area contributed by atoms with Crippen molar-refractivity contribution in [3.8, 4) is 0 Å². The van der Waals surface area contributed by atoms with E-state index in [1.165, 1.54) is 23.9 Å². The molecule has 0 aliphatic carbocycles. The van der Waals surface area contributed by atoms with Crippen LogP contribution in [0.15, 0.2) is 42.5 Å². The van der Waals surface area contributed by atoms with Gasteiger partial charge in [0, 0.05) is 29.5 Å². The van der Waals surface area contributed by atoms with Crippen LogP contribution in [-0.4, -0.2) is 23.1 Å². The van der Waals surface area contributed by atoms with Crippen molar-refractivity contribution in [3.63, 3.8) is 0 Å². The Hall–Kier alpha value is -1.88. The van der Waals surface area contributed by atoms with E-state index in [1.54, 1.807) is 11.0 Å². The van der Waals surface area contributed by atoms with Crippen molar-refractivity contribution in [1.82, 2.24) is 4.90 Å². The number of hydrogen-bond donors (Lipinski definition) is 0. The molecule has 0 saturated carbocycles. The van der Waals surface area contributed by atoms with Crippen LogP contribution in [0.2, 0.25) is 0 Å². The van der Waals surface area contributed by atoms with E-state index in [2.05, 4.69) is 0 Å². The van der Waals surface area contributed by atoms with Gasteiger partial charge in [0.1, 0.15) is 17.0 Å². The summed E-state index contributed by atoms with van der Waals surface area (Å²) in [7, 11) is 0. The molecular formula is C17H15F2NOS. The van der Waals surface area contributed by atoms with Crippen molar-refractivity contribution in [2.75, 3.05) is 12.3 Å². The lowest BCUT2D eigenvalue weighted by molar-refractivity contribution is 0.0758. The summed E-state index contributed by atoms with van der Waals surface area (Å²) < 4.78 is 27.1. The Kier molecular flexibility index (Phi) is 4.16. The van der Waals surface area contributed by atoms with Crippen molar-refractivity contribution < 1.29 is 13.6 Å². The van der Waals surface area contributed by atoms with E-state index in [9.17, 15) is 13.6 Å². The molecule has 2 nitrogen and oxygen atoms in total. The lowest BCUT2D eigenvalue weighted by Gasteiger charge is -2.25. The molecule has 0 bridgehead atoms. The largest absolute Gasteiger partial charge is 0.322 e. The zero-order valence-electron chi connectivity index (χ0n) is 12.1. The Bertz CT molecular complexity index is 720. The molecule has 1 aliphatic rings. The van der Waals surface area contributed by atoms with Crippen LogP contribution in [0, 0.1) is 18.6 Å². The minimum Gasteiger partial charge on any atom is -0.322 e. The number of rotatable bonds is 2. The van der Waals surface area contributed by atoms with Gasteiger partial charge in [0.05, 0.1) is 0 Å². The van der Waals surface area contributed by atoms with Gasteiger partial charge in [0.15, 0.2) is 0 Å². The zero-order valence-corrected chi connectivity index (χ0v) is 12.9. The Morgan fingerprint density at radius 2 is 2.00 bits per heavy atom. The summed E-state index contributed by atoms with van der Waals surface area (Å²) in [4.78, 5) is 14.4. The van der Waals surface area contributed by atoms with Crippen molar-refractivity contribution >= 4 is 17.7 Å². The monoisotopic (exact) mass is 319 g/mol. The van der Waals surface area contributed by atoms with Crippen LogP contribution in [0.4, 0.5) is 8.78 Å². The van der Waals surface area contributed by atoms with Crippen LogP contribution < -0.4 is 0 Å². The third kappa shape index (κ3) is 2.73. The topological polar surface area (TPSA) is 20.3 Å². The van der Waals surface area contributed by atoms with Gasteiger partial charge in [-0.05, 0) is 24.6 Å². The molecule has 1 unspecified atom stereocenters. The second kappa shape index (κ2) is 6.08. The molecule has 1 aliphatic heterocycles. The molecule has 0 aromatic heterocycles. The highest BCUT2D eigenvalue weighted by atomic mass is 32.2. The smallest absolute Gasteiger partial charge is 0.255 e. The number of aryl methyl sites for hydroxylation is 1. The predicted molar refractivity (Wildman–Crippen MR) is 83.8 cm³/mol. The van der Waals surface area contributed by atoms with Gasteiger partial charge in [0.25, 0.3) is 5.91 Å². The van der Waals surface area contributed by atoms with Gasteiger partial charge in [-0.3, -0.25) is 4.79 Å². The molecule has 0 spiro atoms. The SMILES string of the molecule is Cc1ccccc1C(=O)N1CCSC1c1ccc(F)cc1F. The minimum absolute atomic E-state index is 0.114. The fourth-order valence-electron chi connectivity index (χ4n) is 2.60. The average molecular weight is 319 g/mol. The number of hydrogen-bond acceptors (Lipinski definition) is 2. The summed E-state index contributed by atoms with van der Waals surface area (Å²) in [6.07, 6.45) is 0. The molecule has 1 fully saturated rings. The normalized spacial score (nSPS) is 17.8. The Morgan fingerprint density at radius 3 is 2.73 bits per heavy atom. The van der Waals surface area contributed by atoms with Crippen LogP contribution in [-0.2, 0) is 0 Å². The first-order valence-corrected chi connectivity index (χ1v) is 8.06. The van der Waals surface area contributed by atoms with E-state index in [0.29, 0.717) is 17.7 Å². The summed E-state index contributed by atoms with van der Waals surface area (Å²) in [5, 5.41) is -0.410. The van der Waals surface area contributed by atoms with E-state index < -0.39 is 17.0 Å². The van der Waals surface area contributed by atoms with E-state index >= 15 is 0 Å². The van der Waals surface area contributed by atoms with E-state index in [-0.39, 0.29) is 5.91 Å². The van der Waals surface area contributed by atoms with Crippen molar-refractivity contribution in [3.05, 3.63) is 70.8 Å². The standard InChI is InChI=1S/C17H15F2NOS/c1-11-4-2-3-5-13(11)16(21)20-8-9-22-17(20)14-7-6-12(18)10-15(14)19/h2-7,10,17H,8-9H2,1H3. The average Bonchev–Trinajstić information content (AvgIpc) is 2.96. The van der Waals surface area contributed by atoms with Gasteiger partial charge in [-0.1, -0.05) is 24.3 Å². The van der Waals surface area contributed by atoms with Crippen LogP contribution in [0.25, 0.3) is 0 Å². The van der Waals surface area contributed by atoms with Gasteiger partial charge >= 0.3 is 0 Å². The van der Waals surface area contributed by atoms with E-state index in [4.69, 9.17) is 0 Å². The quantitative estimate of drug-likeness (QED) is 0.828. The molecule has 0 radical (unpaired) electrons. The van der Waals surface area contributed by atoms with Crippen LogP contribution in [0.5, 0.6) is 0 Å². The van der Waals surface area contributed by atoms with Gasteiger partial charge in [-0.15, -0.1) is 11.8 Å². The van der Waals surface area contributed by atoms with Crippen LogP contribution in [0.3, 0.4) is 0 Å². The molecule has 3 rings (SSSR count). The number of carbonyl (C=O) groups excluding carboxylic acids is 1. The molecule has 1 heterocycles. The molecule has 0 N–H and O–H groups in total. The third-order valence-corrected chi connectivity index (χ3v) is 5.00. The third-order valence-electron chi connectivity index (χ3n) is 3.76. The van der Waals surface area contributed by atoms with Crippen LogP contribution in [0.1, 0.15) is 26.9 Å².